The molecule has 0 saturated carbocycles. The predicted molar refractivity (Wildman–Crippen MR) is 89.4 cm³/mol. The van der Waals surface area contributed by atoms with Crippen LogP contribution in [0.25, 0.3) is 0 Å². The molecule has 0 saturated heterocycles. The van der Waals surface area contributed by atoms with Gasteiger partial charge in [-0.25, -0.2) is 4.79 Å². The quantitative estimate of drug-likeness (QED) is 0.662. The molecule has 25 heavy (non-hydrogen) atoms. The third kappa shape index (κ3) is 3.41. The van der Waals surface area contributed by atoms with Crippen LogP contribution < -0.4 is 0 Å². The van der Waals surface area contributed by atoms with Crippen LogP contribution in [0.3, 0.4) is 0 Å². The zero-order valence-corrected chi connectivity index (χ0v) is 15.2. The number of fused-ring (bicyclic) bond motifs is 3. The van der Waals surface area contributed by atoms with Gasteiger partial charge in [0.15, 0.2) is 0 Å². The maximum absolute atomic E-state index is 14.7. The molecule has 2 aliphatic heterocycles. The maximum atomic E-state index is 14.7. The van der Waals surface area contributed by atoms with Crippen LogP contribution in [0.15, 0.2) is 12.2 Å². The van der Waals surface area contributed by atoms with Gasteiger partial charge in [0.05, 0.1) is 18.8 Å². The molecule has 0 N–H and O–H groups in total. The van der Waals surface area contributed by atoms with Crippen LogP contribution in [0.5, 0.6) is 0 Å². The van der Waals surface area contributed by atoms with E-state index in [1.165, 1.54) is 9.58 Å². The molecule has 3 heterocycles. The summed E-state index contributed by atoms with van der Waals surface area (Å²) in [6.45, 7) is 11.5. The minimum Gasteiger partial charge on any atom is -0.444 e. The number of amides is 1. The Kier molecular flexibility index (Phi) is 4.16. The molecule has 0 aromatic carbocycles. The van der Waals surface area contributed by atoms with Gasteiger partial charge in [0.25, 0.3) is 5.92 Å². The zero-order valence-electron chi connectivity index (χ0n) is 15.2. The Morgan fingerprint density at radius 2 is 2.04 bits per heavy atom. The summed E-state index contributed by atoms with van der Waals surface area (Å²) in [6.07, 6.45) is -0.0348. The highest BCUT2D eigenvalue weighted by atomic mass is 19.3. The first-order valence-electron chi connectivity index (χ1n) is 8.61. The summed E-state index contributed by atoms with van der Waals surface area (Å²) in [4.78, 5) is 14.0. The number of hydrogen-bond donors (Lipinski definition) is 0. The number of ether oxygens (including phenoxy) is 1. The van der Waals surface area contributed by atoms with Crippen molar-refractivity contribution in [2.75, 3.05) is 0 Å². The molecule has 1 aromatic rings. The monoisotopic (exact) mass is 353 g/mol. The summed E-state index contributed by atoms with van der Waals surface area (Å²) in [5.41, 5.74) is 1.16. The fraction of sp³-hybridized carbons (Fsp3) is 0.667. The molecule has 0 spiro atoms. The average Bonchev–Trinajstić information content (AvgIpc) is 2.74. The Morgan fingerprint density at radius 3 is 2.68 bits per heavy atom. The fourth-order valence-corrected chi connectivity index (χ4v) is 3.43. The first kappa shape index (κ1) is 17.9. The summed E-state index contributed by atoms with van der Waals surface area (Å²) in [5, 5.41) is 4.41. The minimum atomic E-state index is -2.97. The van der Waals surface area contributed by atoms with Crippen LogP contribution in [0.4, 0.5) is 13.6 Å². The lowest BCUT2D eigenvalue weighted by Crippen LogP contribution is -2.45. The highest BCUT2D eigenvalue weighted by molar-refractivity contribution is 5.69. The van der Waals surface area contributed by atoms with Gasteiger partial charge in [-0.3, -0.25) is 4.68 Å². The summed E-state index contributed by atoms with van der Waals surface area (Å²) in [5.74, 6) is -2.97. The van der Waals surface area contributed by atoms with E-state index in [4.69, 9.17) is 4.74 Å². The van der Waals surface area contributed by atoms with E-state index in [1.54, 1.807) is 20.8 Å². The molecule has 1 amide bonds. The molecule has 0 radical (unpaired) electrons. The van der Waals surface area contributed by atoms with Crippen molar-refractivity contribution in [3.8, 4) is 0 Å². The molecule has 138 valence electrons. The molecule has 7 heteroatoms. The van der Waals surface area contributed by atoms with E-state index in [0.29, 0.717) is 24.2 Å². The Balaban J connectivity index is 1.97. The second kappa shape index (κ2) is 5.81. The lowest BCUT2D eigenvalue weighted by molar-refractivity contribution is -0.0207. The number of alkyl halides is 2. The number of carbonyl (C=O) groups excluding carboxylic acids is 1. The van der Waals surface area contributed by atoms with E-state index in [1.807, 2.05) is 6.92 Å². The SMILES string of the molecule is C=C1CCC(F)(F)c2c3c(nn2C1)C[C@@H](C)N(C(=O)OC(C)(C)C)C3. The summed E-state index contributed by atoms with van der Waals surface area (Å²) in [6, 6.07) is -0.154. The third-order valence-corrected chi connectivity index (χ3v) is 4.62. The topological polar surface area (TPSA) is 47.4 Å². The summed E-state index contributed by atoms with van der Waals surface area (Å²) >= 11 is 0. The first-order valence-corrected chi connectivity index (χ1v) is 8.61. The van der Waals surface area contributed by atoms with Crippen LogP contribution in [-0.4, -0.2) is 32.4 Å². The lowest BCUT2D eigenvalue weighted by atomic mass is 9.96. The molecule has 5 nitrogen and oxygen atoms in total. The maximum Gasteiger partial charge on any atom is 0.410 e. The highest BCUT2D eigenvalue weighted by Crippen LogP contribution is 2.42. The van der Waals surface area contributed by atoms with Crippen molar-refractivity contribution in [1.29, 1.82) is 0 Å². The Morgan fingerprint density at radius 1 is 1.36 bits per heavy atom. The van der Waals surface area contributed by atoms with E-state index in [-0.39, 0.29) is 31.1 Å². The van der Waals surface area contributed by atoms with E-state index in [2.05, 4.69) is 11.7 Å². The van der Waals surface area contributed by atoms with E-state index in [0.717, 1.165) is 5.57 Å². The number of halogens is 2. The number of carbonyl (C=O) groups is 1. The fourth-order valence-electron chi connectivity index (χ4n) is 3.43. The number of allylic oxidation sites excluding steroid dienone is 1. The second-order valence-corrected chi connectivity index (χ2v) is 8.05. The van der Waals surface area contributed by atoms with Crippen LogP contribution in [0.2, 0.25) is 0 Å². The van der Waals surface area contributed by atoms with Crippen molar-refractivity contribution in [3.63, 3.8) is 0 Å². The first-order chi connectivity index (χ1) is 11.5. The molecular weight excluding hydrogens is 328 g/mol. The van der Waals surface area contributed by atoms with Gasteiger partial charge in [0, 0.05) is 24.4 Å². The molecule has 0 unspecified atom stereocenters. The van der Waals surface area contributed by atoms with Crippen molar-refractivity contribution in [1.82, 2.24) is 14.7 Å². The predicted octanol–water partition coefficient (Wildman–Crippen LogP) is 4.01. The highest BCUT2D eigenvalue weighted by Gasteiger charge is 2.44. The number of rotatable bonds is 0. The zero-order chi connectivity index (χ0) is 18.6. The van der Waals surface area contributed by atoms with Gasteiger partial charge in [0.2, 0.25) is 0 Å². The standard InChI is InChI=1S/C18H25F2N3O2/c1-11-6-7-18(19,20)15-13-10-22(16(24)25-17(3,4)5)12(2)8-14(13)21-23(15)9-11/h12H,1,6-10H2,2-5H3/t12-/m1/s1. The molecular formula is C18H25F2N3O2. The number of nitrogens with zero attached hydrogens (tertiary/aromatic N) is 3. The molecule has 1 aromatic heterocycles. The van der Waals surface area contributed by atoms with E-state index < -0.39 is 17.6 Å². The summed E-state index contributed by atoms with van der Waals surface area (Å²) < 4.78 is 36.2. The van der Waals surface area contributed by atoms with Crippen molar-refractivity contribution >= 4 is 6.09 Å². The second-order valence-electron chi connectivity index (χ2n) is 8.05. The van der Waals surface area contributed by atoms with Gasteiger partial charge in [-0.2, -0.15) is 13.9 Å². The van der Waals surface area contributed by atoms with Crippen LogP contribution in [-0.2, 0) is 30.2 Å². The largest absolute Gasteiger partial charge is 0.444 e. The van der Waals surface area contributed by atoms with Gasteiger partial charge in [-0.15, -0.1) is 0 Å². The van der Waals surface area contributed by atoms with Gasteiger partial charge >= 0.3 is 6.09 Å². The van der Waals surface area contributed by atoms with Gasteiger partial charge in [-0.1, -0.05) is 12.2 Å². The van der Waals surface area contributed by atoms with Gasteiger partial charge in [0.1, 0.15) is 11.3 Å². The molecule has 3 rings (SSSR count). The Hall–Kier alpha value is -1.92. The Bertz CT molecular complexity index is 719. The number of aromatic nitrogens is 2. The molecule has 0 bridgehead atoms. The Labute approximate surface area is 146 Å². The van der Waals surface area contributed by atoms with Gasteiger partial charge < -0.3 is 9.64 Å². The molecule has 1 atom stereocenters. The van der Waals surface area contributed by atoms with Crippen molar-refractivity contribution in [3.05, 3.63) is 29.1 Å². The van der Waals surface area contributed by atoms with E-state index >= 15 is 0 Å². The minimum absolute atomic E-state index is 0.0680. The van der Waals surface area contributed by atoms with E-state index in [9.17, 15) is 13.6 Å². The average molecular weight is 353 g/mol. The van der Waals surface area contributed by atoms with Crippen LogP contribution in [0, 0.1) is 0 Å². The lowest BCUT2D eigenvalue weighted by Gasteiger charge is -2.35. The molecule has 2 aliphatic rings. The molecule has 0 aliphatic carbocycles. The third-order valence-electron chi connectivity index (χ3n) is 4.62. The number of hydrogen-bond acceptors (Lipinski definition) is 3. The van der Waals surface area contributed by atoms with Gasteiger partial charge in [-0.05, 0) is 34.1 Å². The van der Waals surface area contributed by atoms with Crippen LogP contribution >= 0.6 is 0 Å². The van der Waals surface area contributed by atoms with Crippen molar-refractivity contribution in [2.24, 2.45) is 0 Å². The van der Waals surface area contributed by atoms with Crippen LogP contribution in [0.1, 0.15) is 57.5 Å². The summed E-state index contributed by atoms with van der Waals surface area (Å²) in [7, 11) is 0. The van der Waals surface area contributed by atoms with Crippen molar-refractivity contribution in [2.45, 2.75) is 77.6 Å². The smallest absolute Gasteiger partial charge is 0.410 e. The molecule has 0 fully saturated rings. The van der Waals surface area contributed by atoms with Crippen molar-refractivity contribution < 1.29 is 18.3 Å². The normalized spacial score (nSPS) is 22.9.